The molecule has 0 saturated heterocycles. The minimum atomic E-state index is -0.133. The fraction of sp³-hybridized carbons (Fsp3) is 0.133. The molecular weight excluding hydrogens is 228 g/mol. The highest BCUT2D eigenvalue weighted by molar-refractivity contribution is 6.13. The summed E-state index contributed by atoms with van der Waals surface area (Å²) in [5, 5.41) is 10.2. The SMILES string of the molecule is O=C1C(=C(O)c2ccccc2)CCc2occc21. The van der Waals surface area contributed by atoms with Crippen LogP contribution in [0, 0.1) is 0 Å². The molecule has 0 aliphatic heterocycles. The highest BCUT2D eigenvalue weighted by atomic mass is 16.3. The van der Waals surface area contributed by atoms with Gasteiger partial charge in [0.2, 0.25) is 0 Å². The molecule has 0 atom stereocenters. The lowest BCUT2D eigenvalue weighted by Crippen LogP contribution is -2.14. The largest absolute Gasteiger partial charge is 0.507 e. The van der Waals surface area contributed by atoms with Gasteiger partial charge in [-0.15, -0.1) is 0 Å². The fourth-order valence-corrected chi connectivity index (χ4v) is 2.25. The third-order valence-corrected chi connectivity index (χ3v) is 3.20. The summed E-state index contributed by atoms with van der Waals surface area (Å²) in [6.07, 6.45) is 2.69. The van der Waals surface area contributed by atoms with E-state index < -0.39 is 0 Å². The van der Waals surface area contributed by atoms with Crippen LogP contribution in [0.3, 0.4) is 0 Å². The van der Waals surface area contributed by atoms with Crippen molar-refractivity contribution in [1.29, 1.82) is 0 Å². The molecule has 3 rings (SSSR count). The zero-order valence-corrected chi connectivity index (χ0v) is 9.72. The number of fused-ring (bicyclic) bond motifs is 1. The summed E-state index contributed by atoms with van der Waals surface area (Å²) < 4.78 is 5.24. The van der Waals surface area contributed by atoms with Gasteiger partial charge in [-0.2, -0.15) is 0 Å². The number of hydrogen-bond acceptors (Lipinski definition) is 3. The molecule has 0 amide bonds. The van der Waals surface area contributed by atoms with E-state index in [9.17, 15) is 9.90 Å². The molecule has 2 aromatic rings. The third kappa shape index (κ3) is 1.64. The standard InChI is InChI=1S/C15H12O3/c16-14(10-4-2-1-3-5-10)12-6-7-13-11(15(12)17)8-9-18-13/h1-5,8-9,16H,6-7H2. The molecule has 18 heavy (non-hydrogen) atoms. The van der Waals surface area contributed by atoms with Gasteiger partial charge in [-0.1, -0.05) is 30.3 Å². The molecule has 3 nitrogen and oxygen atoms in total. The van der Waals surface area contributed by atoms with E-state index in [0.29, 0.717) is 35.3 Å². The molecule has 0 radical (unpaired) electrons. The molecule has 3 heteroatoms. The highest BCUT2D eigenvalue weighted by Crippen LogP contribution is 2.30. The van der Waals surface area contributed by atoms with Crippen molar-refractivity contribution in [2.24, 2.45) is 0 Å². The van der Waals surface area contributed by atoms with Crippen LogP contribution in [0.5, 0.6) is 0 Å². The normalized spacial score (nSPS) is 17.4. The molecule has 1 aliphatic rings. The van der Waals surface area contributed by atoms with Gasteiger partial charge in [0.05, 0.1) is 11.8 Å². The van der Waals surface area contributed by atoms with E-state index in [1.807, 2.05) is 18.2 Å². The Morgan fingerprint density at radius 1 is 1.11 bits per heavy atom. The minimum Gasteiger partial charge on any atom is -0.507 e. The second-order valence-electron chi connectivity index (χ2n) is 4.28. The van der Waals surface area contributed by atoms with Crippen LogP contribution in [-0.4, -0.2) is 10.9 Å². The van der Waals surface area contributed by atoms with Crippen molar-refractivity contribution in [3.63, 3.8) is 0 Å². The summed E-state index contributed by atoms with van der Waals surface area (Å²) in [5.74, 6) is 0.656. The second-order valence-corrected chi connectivity index (χ2v) is 4.28. The first-order valence-electron chi connectivity index (χ1n) is 5.86. The van der Waals surface area contributed by atoms with Crippen LogP contribution in [0.15, 0.2) is 52.7 Å². The molecule has 1 aromatic heterocycles. The molecule has 0 saturated carbocycles. The van der Waals surface area contributed by atoms with Gasteiger partial charge in [-0.05, 0) is 12.5 Å². The molecule has 1 heterocycles. The Morgan fingerprint density at radius 3 is 2.67 bits per heavy atom. The predicted octanol–water partition coefficient (Wildman–Crippen LogP) is 3.38. The van der Waals surface area contributed by atoms with Crippen LogP contribution in [0.4, 0.5) is 0 Å². The second kappa shape index (κ2) is 4.18. The van der Waals surface area contributed by atoms with E-state index in [4.69, 9.17) is 4.42 Å². The lowest BCUT2D eigenvalue weighted by molar-refractivity contribution is 0.102. The summed E-state index contributed by atoms with van der Waals surface area (Å²) in [6.45, 7) is 0. The van der Waals surface area contributed by atoms with E-state index in [2.05, 4.69) is 0 Å². The molecule has 0 fully saturated rings. The number of hydrogen-bond donors (Lipinski definition) is 1. The average Bonchev–Trinajstić information content (AvgIpc) is 2.89. The van der Waals surface area contributed by atoms with E-state index in [1.165, 1.54) is 6.26 Å². The van der Waals surface area contributed by atoms with Crippen molar-refractivity contribution in [2.45, 2.75) is 12.8 Å². The summed E-state index contributed by atoms with van der Waals surface area (Å²) in [4.78, 5) is 12.2. The van der Waals surface area contributed by atoms with Gasteiger partial charge in [0.1, 0.15) is 11.5 Å². The average molecular weight is 240 g/mol. The van der Waals surface area contributed by atoms with Gasteiger partial charge in [0.15, 0.2) is 5.78 Å². The molecule has 0 bridgehead atoms. The summed E-state index contributed by atoms with van der Waals surface area (Å²) >= 11 is 0. The third-order valence-electron chi connectivity index (χ3n) is 3.20. The number of allylic oxidation sites excluding steroid dienone is 1. The van der Waals surface area contributed by atoms with Crippen LogP contribution >= 0.6 is 0 Å². The maximum atomic E-state index is 12.2. The lowest BCUT2D eigenvalue weighted by Gasteiger charge is -2.14. The Kier molecular flexibility index (Phi) is 2.52. The van der Waals surface area contributed by atoms with Crippen molar-refractivity contribution in [2.75, 3.05) is 0 Å². The van der Waals surface area contributed by atoms with Crippen LogP contribution in [-0.2, 0) is 6.42 Å². The number of ketones is 1. The van der Waals surface area contributed by atoms with Gasteiger partial charge in [-0.3, -0.25) is 4.79 Å². The van der Waals surface area contributed by atoms with E-state index in [-0.39, 0.29) is 11.5 Å². The first-order valence-corrected chi connectivity index (χ1v) is 5.86. The monoisotopic (exact) mass is 240 g/mol. The quantitative estimate of drug-likeness (QED) is 0.614. The van der Waals surface area contributed by atoms with Crippen molar-refractivity contribution < 1.29 is 14.3 Å². The Hall–Kier alpha value is -2.29. The van der Waals surface area contributed by atoms with Crippen LogP contribution < -0.4 is 0 Å². The van der Waals surface area contributed by atoms with Gasteiger partial charge < -0.3 is 9.52 Å². The predicted molar refractivity (Wildman–Crippen MR) is 67.4 cm³/mol. The van der Waals surface area contributed by atoms with Crippen LogP contribution in [0.1, 0.15) is 28.1 Å². The zero-order valence-electron chi connectivity index (χ0n) is 9.72. The van der Waals surface area contributed by atoms with E-state index in [0.717, 1.165) is 0 Å². The van der Waals surface area contributed by atoms with Crippen molar-refractivity contribution >= 4 is 11.5 Å². The number of carbonyl (C=O) groups is 1. The molecule has 1 aliphatic carbocycles. The molecule has 0 unspecified atom stereocenters. The molecule has 90 valence electrons. The Bertz CT molecular complexity index is 620. The number of furan rings is 1. The summed E-state index contributed by atoms with van der Waals surface area (Å²) in [7, 11) is 0. The lowest BCUT2D eigenvalue weighted by atomic mass is 9.90. The first kappa shape index (κ1) is 10.8. The van der Waals surface area contributed by atoms with Crippen LogP contribution in [0.25, 0.3) is 5.76 Å². The van der Waals surface area contributed by atoms with Crippen molar-refractivity contribution in [3.05, 3.63) is 65.1 Å². The Labute approximate surface area is 104 Å². The first-order chi connectivity index (χ1) is 8.77. The molecule has 1 N–H and O–H groups in total. The Balaban J connectivity index is 2.06. The zero-order chi connectivity index (χ0) is 12.5. The summed E-state index contributed by atoms with van der Waals surface area (Å²) in [6, 6.07) is 10.8. The maximum absolute atomic E-state index is 12.2. The van der Waals surface area contributed by atoms with E-state index in [1.54, 1.807) is 18.2 Å². The topological polar surface area (TPSA) is 50.4 Å². The molecule has 0 spiro atoms. The van der Waals surface area contributed by atoms with Gasteiger partial charge >= 0.3 is 0 Å². The van der Waals surface area contributed by atoms with Crippen molar-refractivity contribution in [1.82, 2.24) is 0 Å². The smallest absolute Gasteiger partial charge is 0.196 e. The fourth-order valence-electron chi connectivity index (χ4n) is 2.25. The van der Waals surface area contributed by atoms with E-state index >= 15 is 0 Å². The van der Waals surface area contributed by atoms with Gasteiger partial charge in [0, 0.05) is 17.6 Å². The number of carbonyl (C=O) groups excluding carboxylic acids is 1. The number of benzene rings is 1. The number of rotatable bonds is 1. The number of aliphatic hydroxyl groups is 1. The number of Topliss-reactive ketones (excluding diaryl/α,β-unsaturated/α-hetero) is 1. The Morgan fingerprint density at radius 2 is 1.89 bits per heavy atom. The van der Waals surface area contributed by atoms with Gasteiger partial charge in [-0.25, -0.2) is 0 Å². The minimum absolute atomic E-state index is 0.0763. The molecule has 1 aromatic carbocycles. The summed E-state index contributed by atoms with van der Waals surface area (Å²) in [5.41, 5.74) is 1.71. The number of aryl methyl sites for hydroxylation is 1. The highest BCUT2D eigenvalue weighted by Gasteiger charge is 2.27. The molecular formula is C15H12O3. The maximum Gasteiger partial charge on any atom is 0.196 e. The number of aliphatic hydroxyl groups excluding tert-OH is 1. The van der Waals surface area contributed by atoms with Crippen LogP contribution in [0.2, 0.25) is 0 Å². The van der Waals surface area contributed by atoms with Crippen molar-refractivity contribution in [3.8, 4) is 0 Å². The van der Waals surface area contributed by atoms with Gasteiger partial charge in [0.25, 0.3) is 0 Å².